The Morgan fingerprint density at radius 1 is 0.875 bits per heavy atom. The molecule has 2 N–H and O–H groups in total. The summed E-state index contributed by atoms with van der Waals surface area (Å²) in [7, 11) is 0. The fourth-order valence-electron chi connectivity index (χ4n) is 6.30. The van der Waals surface area contributed by atoms with Gasteiger partial charge in [-0.05, 0) is 82.0 Å². The maximum atomic E-state index is 12.5. The zero-order valence-electron chi connectivity index (χ0n) is 16.0. The van der Waals surface area contributed by atoms with E-state index < -0.39 is 11.8 Å². The minimum absolute atomic E-state index is 0.0999. The summed E-state index contributed by atoms with van der Waals surface area (Å²) in [6, 6.07) is 0. The molecule has 4 rings (SSSR count). The molecule has 4 aliphatic rings. The number of rotatable bonds is 3. The van der Waals surface area contributed by atoms with Crippen LogP contribution in [-0.2, 0) is 9.59 Å². The Labute approximate surface area is 146 Å². The number of carbonyl (C=O) groups excluding carboxylic acids is 2. The third kappa shape index (κ3) is 3.94. The second kappa shape index (κ2) is 5.74. The van der Waals surface area contributed by atoms with Gasteiger partial charge in [-0.3, -0.25) is 9.59 Å². The van der Waals surface area contributed by atoms with Crippen molar-refractivity contribution in [1.82, 2.24) is 10.6 Å². The fraction of sp³-hybridized carbons (Fsp3) is 0.900. The molecule has 4 heteroatoms. The summed E-state index contributed by atoms with van der Waals surface area (Å²) in [4.78, 5) is 25.0. The third-order valence-corrected chi connectivity index (χ3v) is 6.05. The quantitative estimate of drug-likeness (QED) is 0.777. The van der Waals surface area contributed by atoms with Crippen molar-refractivity contribution in [2.45, 2.75) is 90.6 Å². The highest BCUT2D eigenvalue weighted by atomic mass is 16.2. The van der Waals surface area contributed by atoms with Gasteiger partial charge in [-0.15, -0.1) is 0 Å². The lowest BCUT2D eigenvalue weighted by Crippen LogP contribution is -2.62. The smallest absolute Gasteiger partial charge is 0.309 e. The Morgan fingerprint density at radius 3 is 1.75 bits per heavy atom. The van der Waals surface area contributed by atoms with Gasteiger partial charge in [0.15, 0.2) is 0 Å². The van der Waals surface area contributed by atoms with Crippen LogP contribution < -0.4 is 10.6 Å². The van der Waals surface area contributed by atoms with Gasteiger partial charge < -0.3 is 10.6 Å². The van der Waals surface area contributed by atoms with Crippen LogP contribution >= 0.6 is 0 Å². The first kappa shape index (κ1) is 17.8. The molecular formula is C20H34N2O2. The molecule has 0 heterocycles. The minimum atomic E-state index is -0.472. The molecule has 136 valence electrons. The molecule has 0 aromatic carbocycles. The first-order valence-electron chi connectivity index (χ1n) is 9.60. The standard InChI is InChI=1S/C20H34N2O2/c1-18(2,3)12-19(4,5)21-16(23)17(24)22-20-9-13-6-14(10-20)8-15(7-13)11-20/h13-15H,6-12H2,1-5H3,(H,21,23)(H,22,24). The molecule has 0 spiro atoms. The SMILES string of the molecule is CC(C)(C)CC(C)(C)NC(=O)C(=O)NC12CC3CC(CC(C3)C1)C2. The van der Waals surface area contributed by atoms with Crippen molar-refractivity contribution in [3.63, 3.8) is 0 Å². The first-order valence-corrected chi connectivity index (χ1v) is 9.60. The molecule has 0 aromatic heterocycles. The molecule has 4 nitrogen and oxygen atoms in total. The van der Waals surface area contributed by atoms with E-state index in [1.807, 2.05) is 13.8 Å². The molecule has 4 fully saturated rings. The van der Waals surface area contributed by atoms with Gasteiger partial charge in [0.2, 0.25) is 0 Å². The number of amides is 2. The van der Waals surface area contributed by atoms with Gasteiger partial charge in [-0.25, -0.2) is 0 Å². The lowest BCUT2D eigenvalue weighted by molar-refractivity contribution is -0.143. The van der Waals surface area contributed by atoms with Crippen LogP contribution in [0.15, 0.2) is 0 Å². The van der Waals surface area contributed by atoms with Crippen molar-refractivity contribution >= 4 is 11.8 Å². The van der Waals surface area contributed by atoms with Gasteiger partial charge in [0, 0.05) is 11.1 Å². The average molecular weight is 335 g/mol. The van der Waals surface area contributed by atoms with Crippen molar-refractivity contribution < 1.29 is 9.59 Å². The minimum Gasteiger partial charge on any atom is -0.343 e. The van der Waals surface area contributed by atoms with Gasteiger partial charge in [0.25, 0.3) is 0 Å². The largest absolute Gasteiger partial charge is 0.343 e. The van der Waals surface area contributed by atoms with E-state index in [4.69, 9.17) is 0 Å². The number of hydrogen-bond donors (Lipinski definition) is 2. The fourth-order valence-corrected chi connectivity index (χ4v) is 6.30. The topological polar surface area (TPSA) is 58.2 Å². The summed E-state index contributed by atoms with van der Waals surface area (Å²) in [5, 5.41) is 6.10. The van der Waals surface area contributed by atoms with Crippen LogP contribution in [0.1, 0.15) is 79.6 Å². The molecule has 4 saturated carbocycles. The Morgan fingerprint density at radius 2 is 1.33 bits per heavy atom. The van der Waals surface area contributed by atoms with E-state index in [1.165, 1.54) is 19.3 Å². The van der Waals surface area contributed by atoms with E-state index in [9.17, 15) is 9.59 Å². The highest BCUT2D eigenvalue weighted by molar-refractivity contribution is 6.35. The predicted octanol–water partition coefficient (Wildman–Crippen LogP) is 3.40. The molecule has 0 aromatic rings. The Balaban J connectivity index is 1.60. The van der Waals surface area contributed by atoms with Crippen molar-refractivity contribution in [3.8, 4) is 0 Å². The van der Waals surface area contributed by atoms with Gasteiger partial charge in [0.1, 0.15) is 0 Å². The second-order valence-corrected chi connectivity index (χ2v) is 10.7. The molecule has 0 unspecified atom stereocenters. The second-order valence-electron chi connectivity index (χ2n) is 10.7. The molecular weight excluding hydrogens is 300 g/mol. The zero-order valence-corrected chi connectivity index (χ0v) is 16.0. The summed E-state index contributed by atoms with van der Waals surface area (Å²) in [5.74, 6) is 1.38. The highest BCUT2D eigenvalue weighted by Crippen LogP contribution is 2.55. The van der Waals surface area contributed by atoms with Crippen LogP contribution in [0.5, 0.6) is 0 Å². The molecule has 0 saturated heterocycles. The van der Waals surface area contributed by atoms with Crippen molar-refractivity contribution in [2.24, 2.45) is 23.2 Å². The highest BCUT2D eigenvalue weighted by Gasteiger charge is 2.52. The Bertz CT molecular complexity index is 495. The third-order valence-electron chi connectivity index (χ3n) is 6.05. The Hall–Kier alpha value is -1.06. The molecule has 0 radical (unpaired) electrons. The maximum Gasteiger partial charge on any atom is 0.309 e. The molecule has 2 amide bonds. The lowest BCUT2D eigenvalue weighted by atomic mass is 9.53. The van der Waals surface area contributed by atoms with Gasteiger partial charge in [0.05, 0.1) is 0 Å². The van der Waals surface area contributed by atoms with Gasteiger partial charge in [-0.1, -0.05) is 20.8 Å². The normalized spacial score (nSPS) is 35.0. The van der Waals surface area contributed by atoms with Crippen LogP contribution in [0.2, 0.25) is 0 Å². The van der Waals surface area contributed by atoms with E-state index in [1.54, 1.807) is 0 Å². The summed E-state index contributed by atoms with van der Waals surface area (Å²) >= 11 is 0. The molecule has 4 bridgehead atoms. The molecule has 0 aliphatic heterocycles. The molecule has 4 aliphatic carbocycles. The maximum absolute atomic E-state index is 12.5. The molecule has 24 heavy (non-hydrogen) atoms. The van der Waals surface area contributed by atoms with E-state index >= 15 is 0 Å². The van der Waals surface area contributed by atoms with Crippen molar-refractivity contribution in [2.75, 3.05) is 0 Å². The summed E-state index contributed by atoms with van der Waals surface area (Å²) < 4.78 is 0. The first-order chi connectivity index (χ1) is 11.0. The van der Waals surface area contributed by atoms with Crippen LogP contribution in [0, 0.1) is 23.2 Å². The number of nitrogens with one attached hydrogen (secondary N) is 2. The van der Waals surface area contributed by atoms with E-state index in [0.717, 1.165) is 43.4 Å². The van der Waals surface area contributed by atoms with Crippen molar-refractivity contribution in [3.05, 3.63) is 0 Å². The Kier molecular flexibility index (Phi) is 4.25. The van der Waals surface area contributed by atoms with Gasteiger partial charge >= 0.3 is 11.8 Å². The van der Waals surface area contributed by atoms with E-state index in [0.29, 0.717) is 0 Å². The predicted molar refractivity (Wildman–Crippen MR) is 95.3 cm³/mol. The van der Waals surface area contributed by atoms with Crippen molar-refractivity contribution in [1.29, 1.82) is 0 Å². The summed E-state index contributed by atoms with van der Waals surface area (Å²) in [6.45, 7) is 10.4. The summed E-state index contributed by atoms with van der Waals surface area (Å²) in [5.41, 5.74) is -0.376. The van der Waals surface area contributed by atoms with Gasteiger partial charge in [-0.2, -0.15) is 0 Å². The van der Waals surface area contributed by atoms with E-state index in [2.05, 4.69) is 31.4 Å². The molecule has 0 atom stereocenters. The van der Waals surface area contributed by atoms with Crippen LogP contribution in [-0.4, -0.2) is 22.9 Å². The number of hydrogen-bond acceptors (Lipinski definition) is 2. The monoisotopic (exact) mass is 334 g/mol. The van der Waals surface area contributed by atoms with Crippen LogP contribution in [0.4, 0.5) is 0 Å². The summed E-state index contributed by atoms with van der Waals surface area (Å²) in [6.07, 6.45) is 8.05. The number of carbonyl (C=O) groups is 2. The average Bonchev–Trinajstić information content (AvgIpc) is 2.32. The van der Waals surface area contributed by atoms with Crippen LogP contribution in [0.3, 0.4) is 0 Å². The van der Waals surface area contributed by atoms with Crippen LogP contribution in [0.25, 0.3) is 0 Å². The lowest BCUT2D eigenvalue weighted by Gasteiger charge is -2.56. The van der Waals surface area contributed by atoms with E-state index in [-0.39, 0.29) is 16.5 Å². The zero-order chi connectivity index (χ0) is 17.8.